The zero-order chi connectivity index (χ0) is 16.8. The van der Waals surface area contributed by atoms with Crippen LogP contribution in [-0.4, -0.2) is 40.1 Å². The van der Waals surface area contributed by atoms with E-state index in [-0.39, 0.29) is 11.8 Å². The van der Waals surface area contributed by atoms with Gasteiger partial charge in [0, 0.05) is 6.54 Å². The maximum absolute atomic E-state index is 12.6. The summed E-state index contributed by atoms with van der Waals surface area (Å²) in [5, 5.41) is 2.80. The summed E-state index contributed by atoms with van der Waals surface area (Å²) in [5.41, 5.74) is -0.573. The highest BCUT2D eigenvalue weighted by Gasteiger charge is 2.57. The second kappa shape index (κ2) is 5.78. The van der Waals surface area contributed by atoms with Crippen LogP contribution in [0.1, 0.15) is 27.2 Å². The van der Waals surface area contributed by atoms with Crippen molar-refractivity contribution in [3.8, 4) is 0 Å². The number of fused-ring (bicyclic) bond motifs is 1. The number of amides is 2. The second-order valence-corrected chi connectivity index (χ2v) is 7.88. The summed E-state index contributed by atoms with van der Waals surface area (Å²) in [4.78, 5) is 30.7. The molecular weight excluding hydrogens is 362 g/mol. The SMILES string of the molecule is CC(C)(C)OC(=O)N1C[C@H]2C[C@H]2[C@H]1C(=O)Nc1cccc(Br)n1. The number of nitrogens with one attached hydrogen (secondary N) is 1. The molecule has 1 aromatic rings. The molecule has 0 unspecified atom stereocenters. The molecule has 1 N–H and O–H groups in total. The zero-order valence-electron chi connectivity index (χ0n) is 13.4. The van der Waals surface area contributed by atoms with Gasteiger partial charge in [-0.3, -0.25) is 9.69 Å². The molecule has 1 saturated carbocycles. The van der Waals surface area contributed by atoms with E-state index < -0.39 is 17.7 Å². The Hall–Kier alpha value is -1.63. The Morgan fingerprint density at radius 3 is 2.78 bits per heavy atom. The molecule has 2 aliphatic rings. The standard InChI is InChI=1S/C16H20BrN3O3/c1-16(2,3)23-15(22)20-8-9-7-10(9)13(20)14(21)19-12-6-4-5-11(17)18-12/h4-6,9-10,13H,7-8H2,1-3H3,(H,18,19,21)/t9-,10-,13+/m1/s1. The van der Waals surface area contributed by atoms with Crippen LogP contribution < -0.4 is 5.32 Å². The van der Waals surface area contributed by atoms with Crippen molar-refractivity contribution < 1.29 is 14.3 Å². The minimum atomic E-state index is -0.573. The number of halogens is 1. The first-order chi connectivity index (χ1) is 10.7. The van der Waals surface area contributed by atoms with Crippen LogP contribution in [-0.2, 0) is 9.53 Å². The number of carbonyl (C=O) groups excluding carboxylic acids is 2. The molecule has 1 aromatic heterocycles. The van der Waals surface area contributed by atoms with E-state index in [1.54, 1.807) is 23.1 Å². The number of likely N-dealkylation sites (tertiary alicyclic amines) is 1. The van der Waals surface area contributed by atoms with Gasteiger partial charge < -0.3 is 10.1 Å². The molecule has 7 heteroatoms. The van der Waals surface area contributed by atoms with Gasteiger partial charge in [0.1, 0.15) is 22.1 Å². The van der Waals surface area contributed by atoms with Crippen LogP contribution in [0.2, 0.25) is 0 Å². The van der Waals surface area contributed by atoms with E-state index in [1.165, 1.54) is 0 Å². The number of anilines is 1. The lowest BCUT2D eigenvalue weighted by Crippen LogP contribution is -2.47. The van der Waals surface area contributed by atoms with Crippen molar-refractivity contribution in [1.82, 2.24) is 9.88 Å². The zero-order valence-corrected chi connectivity index (χ0v) is 15.0. The predicted molar refractivity (Wildman–Crippen MR) is 88.9 cm³/mol. The number of aromatic nitrogens is 1. The Balaban J connectivity index is 1.71. The molecule has 2 amide bonds. The first kappa shape index (κ1) is 16.2. The van der Waals surface area contributed by atoms with Crippen LogP contribution >= 0.6 is 15.9 Å². The van der Waals surface area contributed by atoms with Gasteiger partial charge in [-0.25, -0.2) is 9.78 Å². The van der Waals surface area contributed by atoms with Crippen LogP contribution in [0.5, 0.6) is 0 Å². The van der Waals surface area contributed by atoms with Gasteiger partial charge in [0.05, 0.1) is 0 Å². The third kappa shape index (κ3) is 3.65. The lowest BCUT2D eigenvalue weighted by atomic mass is 10.1. The Kier molecular flexibility index (Phi) is 4.08. The van der Waals surface area contributed by atoms with Crippen molar-refractivity contribution in [3.05, 3.63) is 22.8 Å². The van der Waals surface area contributed by atoms with Crippen LogP contribution in [0.15, 0.2) is 22.8 Å². The fourth-order valence-corrected chi connectivity index (χ4v) is 3.33. The number of carbonyl (C=O) groups is 2. The van der Waals surface area contributed by atoms with Gasteiger partial charge in [-0.05, 0) is 67.1 Å². The molecule has 2 heterocycles. The highest BCUT2D eigenvalue weighted by molar-refractivity contribution is 9.10. The van der Waals surface area contributed by atoms with Crippen molar-refractivity contribution in [2.75, 3.05) is 11.9 Å². The topological polar surface area (TPSA) is 71.5 Å². The van der Waals surface area contributed by atoms with E-state index in [0.29, 0.717) is 22.9 Å². The Morgan fingerprint density at radius 2 is 2.13 bits per heavy atom. The minimum Gasteiger partial charge on any atom is -0.444 e. The van der Waals surface area contributed by atoms with Crippen molar-refractivity contribution in [3.63, 3.8) is 0 Å². The Morgan fingerprint density at radius 1 is 1.39 bits per heavy atom. The molecule has 0 aromatic carbocycles. The van der Waals surface area contributed by atoms with E-state index in [4.69, 9.17) is 4.74 Å². The van der Waals surface area contributed by atoms with Crippen LogP contribution in [0.3, 0.4) is 0 Å². The summed E-state index contributed by atoms with van der Waals surface area (Å²) in [7, 11) is 0. The summed E-state index contributed by atoms with van der Waals surface area (Å²) < 4.78 is 6.07. The largest absolute Gasteiger partial charge is 0.444 e. The van der Waals surface area contributed by atoms with Gasteiger partial charge in [-0.1, -0.05) is 6.07 Å². The quantitative estimate of drug-likeness (QED) is 0.799. The lowest BCUT2D eigenvalue weighted by molar-refractivity contribution is -0.121. The van der Waals surface area contributed by atoms with E-state index in [1.807, 2.05) is 20.8 Å². The van der Waals surface area contributed by atoms with E-state index in [9.17, 15) is 9.59 Å². The lowest BCUT2D eigenvalue weighted by Gasteiger charge is -2.29. The number of nitrogens with zero attached hydrogens (tertiary/aromatic N) is 2. The number of pyridine rings is 1. The third-order valence-corrected chi connectivity index (χ3v) is 4.45. The molecule has 1 saturated heterocycles. The summed E-state index contributed by atoms with van der Waals surface area (Å²) in [5.74, 6) is 0.910. The highest BCUT2D eigenvalue weighted by Crippen LogP contribution is 2.50. The summed E-state index contributed by atoms with van der Waals surface area (Å²) >= 11 is 3.28. The molecule has 3 rings (SSSR count). The maximum atomic E-state index is 12.6. The fraction of sp³-hybridized carbons (Fsp3) is 0.562. The molecular formula is C16H20BrN3O3. The normalized spacial score (nSPS) is 25.7. The molecule has 6 nitrogen and oxygen atoms in total. The molecule has 2 fully saturated rings. The Bertz CT molecular complexity index is 644. The molecule has 0 radical (unpaired) electrons. The first-order valence-electron chi connectivity index (χ1n) is 7.67. The smallest absolute Gasteiger partial charge is 0.410 e. The van der Waals surface area contributed by atoms with Crippen LogP contribution in [0.4, 0.5) is 10.6 Å². The van der Waals surface area contributed by atoms with E-state index in [2.05, 4.69) is 26.2 Å². The van der Waals surface area contributed by atoms with Crippen LogP contribution in [0, 0.1) is 11.8 Å². The summed E-state index contributed by atoms with van der Waals surface area (Å²) in [6.07, 6.45) is 0.565. The molecule has 23 heavy (non-hydrogen) atoms. The molecule has 1 aliphatic heterocycles. The van der Waals surface area contributed by atoms with Crippen molar-refractivity contribution in [2.24, 2.45) is 11.8 Å². The van der Waals surface area contributed by atoms with Crippen LogP contribution in [0.25, 0.3) is 0 Å². The van der Waals surface area contributed by atoms with Crippen molar-refractivity contribution in [1.29, 1.82) is 0 Å². The van der Waals surface area contributed by atoms with E-state index >= 15 is 0 Å². The number of piperidine rings is 1. The molecule has 3 atom stereocenters. The average molecular weight is 382 g/mol. The van der Waals surface area contributed by atoms with Crippen molar-refractivity contribution in [2.45, 2.75) is 38.8 Å². The number of ether oxygens (including phenoxy) is 1. The van der Waals surface area contributed by atoms with Crippen molar-refractivity contribution >= 4 is 33.7 Å². The maximum Gasteiger partial charge on any atom is 0.410 e. The summed E-state index contributed by atoms with van der Waals surface area (Å²) in [6.45, 7) is 6.05. The van der Waals surface area contributed by atoms with Gasteiger partial charge in [-0.15, -0.1) is 0 Å². The second-order valence-electron chi connectivity index (χ2n) is 7.07. The van der Waals surface area contributed by atoms with E-state index in [0.717, 1.165) is 6.42 Å². The average Bonchev–Trinajstić information content (AvgIpc) is 3.07. The molecule has 0 bridgehead atoms. The molecule has 1 aliphatic carbocycles. The minimum absolute atomic E-state index is 0.202. The fourth-order valence-electron chi connectivity index (χ4n) is 2.99. The predicted octanol–water partition coefficient (Wildman–Crippen LogP) is 3.04. The number of rotatable bonds is 2. The monoisotopic (exact) mass is 381 g/mol. The number of hydrogen-bond acceptors (Lipinski definition) is 4. The molecule has 0 spiro atoms. The van der Waals surface area contributed by atoms with Gasteiger partial charge in [0.25, 0.3) is 0 Å². The summed E-state index contributed by atoms with van der Waals surface area (Å²) in [6, 6.07) is 4.83. The number of hydrogen-bond donors (Lipinski definition) is 1. The highest BCUT2D eigenvalue weighted by atomic mass is 79.9. The van der Waals surface area contributed by atoms with Gasteiger partial charge in [0.2, 0.25) is 5.91 Å². The van der Waals surface area contributed by atoms with Gasteiger partial charge in [0.15, 0.2) is 0 Å². The molecule has 124 valence electrons. The van der Waals surface area contributed by atoms with Gasteiger partial charge in [-0.2, -0.15) is 0 Å². The van der Waals surface area contributed by atoms with Gasteiger partial charge >= 0.3 is 6.09 Å². The third-order valence-electron chi connectivity index (χ3n) is 4.01. The Labute approximate surface area is 143 Å². The first-order valence-corrected chi connectivity index (χ1v) is 8.47.